The van der Waals surface area contributed by atoms with E-state index >= 15 is 0 Å². The molecule has 1 fully saturated rings. The van der Waals surface area contributed by atoms with Crippen LogP contribution >= 0.6 is 0 Å². The second-order valence-corrected chi connectivity index (χ2v) is 6.20. The Hall–Kier alpha value is -1.79. The molecule has 6 heteroatoms. The van der Waals surface area contributed by atoms with Gasteiger partial charge in [0.15, 0.2) is 0 Å². The second-order valence-electron chi connectivity index (χ2n) is 6.20. The van der Waals surface area contributed by atoms with Gasteiger partial charge in [-0.3, -0.25) is 4.90 Å². The van der Waals surface area contributed by atoms with Crippen LogP contribution < -0.4 is 4.74 Å². The van der Waals surface area contributed by atoms with Gasteiger partial charge in [-0.25, -0.2) is 4.79 Å². The van der Waals surface area contributed by atoms with Crippen molar-refractivity contribution in [3.8, 4) is 5.75 Å². The van der Waals surface area contributed by atoms with Crippen LogP contribution in [0.5, 0.6) is 5.75 Å². The predicted molar refractivity (Wildman–Crippen MR) is 90.0 cm³/mol. The molecule has 1 aromatic rings. The number of hydrogen-bond donors (Lipinski definition) is 1. The normalized spacial score (nSPS) is 15.9. The first-order valence-electron chi connectivity index (χ1n) is 8.11. The molecule has 23 heavy (non-hydrogen) atoms. The lowest BCUT2D eigenvalue weighted by atomic mass is 10.2. The zero-order valence-electron chi connectivity index (χ0n) is 14.1. The minimum absolute atomic E-state index is 0.586. The van der Waals surface area contributed by atoms with E-state index in [9.17, 15) is 4.79 Å². The average molecular weight is 321 g/mol. The Morgan fingerprint density at radius 1 is 1.17 bits per heavy atom. The van der Waals surface area contributed by atoms with Crippen molar-refractivity contribution >= 4 is 6.09 Å². The molecule has 1 saturated heterocycles. The monoisotopic (exact) mass is 321 g/mol. The molecule has 1 N–H and O–H groups in total. The smallest absolute Gasteiger partial charge is 0.407 e. The van der Waals surface area contributed by atoms with Crippen molar-refractivity contribution < 1.29 is 14.6 Å². The zero-order chi connectivity index (χ0) is 16.7. The molecule has 1 amide bonds. The molecule has 0 saturated carbocycles. The van der Waals surface area contributed by atoms with E-state index in [1.807, 2.05) is 12.1 Å². The van der Waals surface area contributed by atoms with Gasteiger partial charge in [0.25, 0.3) is 0 Å². The number of benzene rings is 1. The Morgan fingerprint density at radius 2 is 1.83 bits per heavy atom. The standard InChI is InChI=1S/C17H27N3O3/c1-18(2)8-3-13-23-16-6-4-15(5-7-16)14-19-9-11-20(12-10-19)17(21)22/h4-7H,3,8-14H2,1-2H3,(H,21,22). The minimum atomic E-state index is -0.819. The van der Waals surface area contributed by atoms with Crippen LogP contribution in [0.3, 0.4) is 0 Å². The molecule has 1 aromatic carbocycles. The molecule has 0 aliphatic carbocycles. The molecule has 2 rings (SSSR count). The lowest BCUT2D eigenvalue weighted by molar-refractivity contribution is 0.103. The number of ether oxygens (including phenoxy) is 1. The third-order valence-electron chi connectivity index (χ3n) is 3.99. The van der Waals surface area contributed by atoms with Crippen LogP contribution in [-0.4, -0.2) is 79.3 Å². The molecule has 128 valence electrons. The molecule has 0 bridgehead atoms. The molecule has 1 heterocycles. The first-order chi connectivity index (χ1) is 11.0. The average Bonchev–Trinajstić information content (AvgIpc) is 2.53. The maximum absolute atomic E-state index is 10.9. The van der Waals surface area contributed by atoms with E-state index < -0.39 is 6.09 Å². The quantitative estimate of drug-likeness (QED) is 0.776. The third kappa shape index (κ3) is 6.08. The first kappa shape index (κ1) is 17.6. The van der Waals surface area contributed by atoms with Crippen LogP contribution in [0.1, 0.15) is 12.0 Å². The number of rotatable bonds is 7. The number of carbonyl (C=O) groups is 1. The van der Waals surface area contributed by atoms with Crippen LogP contribution in [0.4, 0.5) is 4.79 Å². The van der Waals surface area contributed by atoms with Gasteiger partial charge in [0.2, 0.25) is 0 Å². The molecule has 1 aliphatic rings. The van der Waals surface area contributed by atoms with Crippen LogP contribution in [0.25, 0.3) is 0 Å². The highest BCUT2D eigenvalue weighted by atomic mass is 16.5. The molecule has 0 spiro atoms. The summed E-state index contributed by atoms with van der Waals surface area (Å²) >= 11 is 0. The van der Waals surface area contributed by atoms with Gasteiger partial charge in [0.05, 0.1) is 6.61 Å². The summed E-state index contributed by atoms with van der Waals surface area (Å²) < 4.78 is 5.73. The van der Waals surface area contributed by atoms with Crippen molar-refractivity contribution in [2.75, 3.05) is 53.4 Å². The Labute approximate surface area is 138 Å². The van der Waals surface area contributed by atoms with Crippen LogP contribution in [-0.2, 0) is 6.54 Å². The molecule has 0 aromatic heterocycles. The van der Waals surface area contributed by atoms with E-state index in [0.717, 1.165) is 45.0 Å². The molecule has 6 nitrogen and oxygen atoms in total. The molecule has 0 atom stereocenters. The summed E-state index contributed by atoms with van der Waals surface area (Å²) in [6.45, 7) is 5.36. The van der Waals surface area contributed by atoms with Crippen molar-refractivity contribution in [1.82, 2.24) is 14.7 Å². The number of carboxylic acid groups (broad SMARTS) is 1. The van der Waals surface area contributed by atoms with Crippen molar-refractivity contribution in [3.05, 3.63) is 29.8 Å². The van der Waals surface area contributed by atoms with Gasteiger partial charge in [-0.2, -0.15) is 0 Å². The molecule has 0 radical (unpaired) electrons. The number of nitrogens with zero attached hydrogens (tertiary/aromatic N) is 3. The number of hydrogen-bond acceptors (Lipinski definition) is 4. The fourth-order valence-electron chi connectivity index (χ4n) is 2.62. The highest BCUT2D eigenvalue weighted by Gasteiger charge is 2.20. The number of amides is 1. The van der Waals surface area contributed by atoms with E-state index in [4.69, 9.17) is 9.84 Å². The van der Waals surface area contributed by atoms with Gasteiger partial charge >= 0.3 is 6.09 Å². The Balaban J connectivity index is 1.72. The lowest BCUT2D eigenvalue weighted by Crippen LogP contribution is -2.47. The number of piperazine rings is 1. The second kappa shape index (κ2) is 8.74. The summed E-state index contributed by atoms with van der Waals surface area (Å²) in [7, 11) is 4.12. The topological polar surface area (TPSA) is 56.2 Å². The predicted octanol–water partition coefficient (Wildman–Crippen LogP) is 1.81. The van der Waals surface area contributed by atoms with E-state index in [1.54, 1.807) is 0 Å². The lowest BCUT2D eigenvalue weighted by Gasteiger charge is -2.33. The fourth-order valence-corrected chi connectivity index (χ4v) is 2.62. The third-order valence-corrected chi connectivity index (χ3v) is 3.99. The Morgan fingerprint density at radius 3 is 2.39 bits per heavy atom. The summed E-state index contributed by atoms with van der Waals surface area (Å²) in [5.41, 5.74) is 1.23. The zero-order valence-corrected chi connectivity index (χ0v) is 14.1. The summed E-state index contributed by atoms with van der Waals surface area (Å²) in [6.07, 6.45) is 0.197. The van der Waals surface area contributed by atoms with Crippen LogP contribution in [0, 0.1) is 0 Å². The van der Waals surface area contributed by atoms with Crippen molar-refractivity contribution in [1.29, 1.82) is 0 Å². The van der Waals surface area contributed by atoms with E-state index in [0.29, 0.717) is 13.1 Å². The summed E-state index contributed by atoms with van der Waals surface area (Å²) in [5.74, 6) is 0.906. The Kier molecular flexibility index (Phi) is 6.67. The maximum Gasteiger partial charge on any atom is 0.407 e. The van der Waals surface area contributed by atoms with Gasteiger partial charge in [-0.1, -0.05) is 12.1 Å². The summed E-state index contributed by atoms with van der Waals surface area (Å²) in [6, 6.07) is 8.20. The maximum atomic E-state index is 10.9. The van der Waals surface area contributed by atoms with Gasteiger partial charge < -0.3 is 19.6 Å². The van der Waals surface area contributed by atoms with Crippen molar-refractivity contribution in [2.45, 2.75) is 13.0 Å². The first-order valence-corrected chi connectivity index (χ1v) is 8.11. The molecule has 1 aliphatic heterocycles. The molecular weight excluding hydrogens is 294 g/mol. The van der Waals surface area contributed by atoms with Gasteiger partial charge in [0.1, 0.15) is 5.75 Å². The van der Waals surface area contributed by atoms with E-state index in [1.165, 1.54) is 10.5 Å². The highest BCUT2D eigenvalue weighted by molar-refractivity contribution is 5.65. The van der Waals surface area contributed by atoms with Gasteiger partial charge in [-0.05, 0) is 38.2 Å². The summed E-state index contributed by atoms with van der Waals surface area (Å²) in [4.78, 5) is 16.8. The molecular formula is C17H27N3O3. The summed E-state index contributed by atoms with van der Waals surface area (Å²) in [5, 5.41) is 8.95. The SMILES string of the molecule is CN(C)CCCOc1ccc(CN2CCN(C(=O)O)CC2)cc1. The molecule has 0 unspecified atom stereocenters. The van der Waals surface area contributed by atoms with Crippen molar-refractivity contribution in [2.24, 2.45) is 0 Å². The van der Waals surface area contributed by atoms with Crippen molar-refractivity contribution in [3.63, 3.8) is 0 Å². The minimum Gasteiger partial charge on any atom is -0.494 e. The van der Waals surface area contributed by atoms with Crippen LogP contribution in [0.15, 0.2) is 24.3 Å². The fraction of sp³-hybridized carbons (Fsp3) is 0.588. The largest absolute Gasteiger partial charge is 0.494 e. The van der Waals surface area contributed by atoms with Gasteiger partial charge in [-0.15, -0.1) is 0 Å². The van der Waals surface area contributed by atoms with E-state index in [-0.39, 0.29) is 0 Å². The Bertz CT molecular complexity index is 482. The highest BCUT2D eigenvalue weighted by Crippen LogP contribution is 2.15. The van der Waals surface area contributed by atoms with E-state index in [2.05, 4.69) is 36.0 Å². The van der Waals surface area contributed by atoms with Crippen LogP contribution in [0.2, 0.25) is 0 Å². The van der Waals surface area contributed by atoms with Gasteiger partial charge in [0, 0.05) is 39.3 Å².